The molecule has 2 rings (SSSR count). The van der Waals surface area contributed by atoms with Gasteiger partial charge >= 0.3 is 0 Å². The number of hydrogen-bond acceptors (Lipinski definition) is 1. The maximum absolute atomic E-state index is 6.05. The van der Waals surface area contributed by atoms with Gasteiger partial charge in [0.05, 0.1) is 5.02 Å². The van der Waals surface area contributed by atoms with Crippen molar-refractivity contribution in [3.63, 3.8) is 0 Å². The summed E-state index contributed by atoms with van der Waals surface area (Å²) < 4.78 is 2.35. The second-order valence-corrected chi connectivity index (χ2v) is 5.42. The van der Waals surface area contributed by atoms with Crippen molar-refractivity contribution < 1.29 is 0 Å². The Bertz CT molecular complexity index is 450. The zero-order chi connectivity index (χ0) is 9.42. The zero-order valence-electron chi connectivity index (χ0n) is 6.48. The molecule has 1 aromatic heterocycles. The molecule has 0 saturated carbocycles. The highest BCUT2D eigenvalue weighted by atomic mass is 79.9. The van der Waals surface area contributed by atoms with Gasteiger partial charge in [0.1, 0.15) is 0 Å². The van der Waals surface area contributed by atoms with Gasteiger partial charge in [-0.3, -0.25) is 0 Å². The van der Waals surface area contributed by atoms with Crippen molar-refractivity contribution in [3.05, 3.63) is 32.6 Å². The minimum Gasteiger partial charge on any atom is -0.142 e. The highest BCUT2D eigenvalue weighted by molar-refractivity contribution is 9.10. The first-order valence-electron chi connectivity index (χ1n) is 3.63. The van der Waals surface area contributed by atoms with Crippen LogP contribution < -0.4 is 0 Å². The summed E-state index contributed by atoms with van der Waals surface area (Å²) in [6, 6.07) is 4.17. The summed E-state index contributed by atoms with van der Waals surface area (Å²) in [4.78, 5) is 0. The lowest BCUT2D eigenvalue weighted by Gasteiger charge is -1.99. The quantitative estimate of drug-likeness (QED) is 0.625. The second-order valence-electron chi connectivity index (χ2n) is 2.66. The Morgan fingerprint density at radius 2 is 2.15 bits per heavy atom. The van der Waals surface area contributed by atoms with Crippen LogP contribution in [0.15, 0.2) is 22.0 Å². The third-order valence-electron chi connectivity index (χ3n) is 1.81. The van der Waals surface area contributed by atoms with Gasteiger partial charge in [-0.15, -0.1) is 11.3 Å². The van der Waals surface area contributed by atoms with E-state index in [0.29, 0.717) is 0 Å². The number of halogens is 3. The Balaban J connectivity index is 2.84. The van der Waals surface area contributed by atoms with Crippen molar-refractivity contribution in [2.75, 3.05) is 0 Å². The van der Waals surface area contributed by atoms with E-state index < -0.39 is 0 Å². The Morgan fingerprint density at radius 1 is 1.38 bits per heavy atom. The van der Waals surface area contributed by atoms with Gasteiger partial charge in [0.2, 0.25) is 0 Å². The van der Waals surface area contributed by atoms with E-state index in [1.807, 2.05) is 5.38 Å². The molecule has 0 bridgehead atoms. The highest BCUT2D eigenvalue weighted by Crippen LogP contribution is 2.35. The molecule has 0 spiro atoms. The van der Waals surface area contributed by atoms with Gasteiger partial charge in [-0.1, -0.05) is 43.5 Å². The molecule has 0 saturated heterocycles. The van der Waals surface area contributed by atoms with Crippen LogP contribution in [-0.4, -0.2) is 0 Å². The number of benzene rings is 1. The lowest BCUT2D eigenvalue weighted by atomic mass is 10.2. The monoisotopic (exact) mass is 338 g/mol. The van der Waals surface area contributed by atoms with E-state index >= 15 is 0 Å². The van der Waals surface area contributed by atoms with Crippen LogP contribution >= 0.6 is 54.8 Å². The maximum atomic E-state index is 6.05. The predicted octanol–water partition coefficient (Wildman–Crippen LogP) is 5.21. The molecule has 68 valence electrons. The fourth-order valence-electron chi connectivity index (χ4n) is 1.24. The van der Waals surface area contributed by atoms with Crippen LogP contribution in [0.3, 0.4) is 0 Å². The first-order chi connectivity index (χ1) is 6.22. The van der Waals surface area contributed by atoms with Gasteiger partial charge in [0, 0.05) is 25.3 Å². The number of rotatable bonds is 1. The van der Waals surface area contributed by atoms with Crippen LogP contribution in [0, 0.1) is 0 Å². The van der Waals surface area contributed by atoms with E-state index in [-0.39, 0.29) is 0 Å². The first kappa shape index (κ1) is 9.97. The predicted molar refractivity (Wildman–Crippen MR) is 67.2 cm³/mol. The molecule has 0 nitrogen and oxygen atoms in total. The van der Waals surface area contributed by atoms with Crippen LogP contribution in [0.2, 0.25) is 5.02 Å². The fraction of sp³-hybridized carbons (Fsp3) is 0.111. The van der Waals surface area contributed by atoms with Crippen molar-refractivity contribution >= 4 is 64.9 Å². The Hall–Kier alpha value is 0.430. The zero-order valence-corrected chi connectivity index (χ0v) is 11.2. The largest absolute Gasteiger partial charge is 0.142 e. The van der Waals surface area contributed by atoms with Gasteiger partial charge in [0.25, 0.3) is 0 Å². The van der Waals surface area contributed by atoms with Gasteiger partial charge in [-0.2, -0.15) is 0 Å². The number of alkyl halides is 1. The lowest BCUT2D eigenvalue weighted by Crippen LogP contribution is -1.77. The summed E-state index contributed by atoms with van der Waals surface area (Å²) in [6.45, 7) is 0. The summed E-state index contributed by atoms with van der Waals surface area (Å²) in [7, 11) is 0. The molecule has 0 unspecified atom stereocenters. The first-order valence-corrected chi connectivity index (χ1v) is 6.80. The summed E-state index contributed by atoms with van der Waals surface area (Å²) in [5.41, 5.74) is 1.28. The number of fused-ring (bicyclic) bond motifs is 1. The average Bonchev–Trinajstić information content (AvgIpc) is 2.47. The molecule has 1 heterocycles. The second kappa shape index (κ2) is 3.89. The van der Waals surface area contributed by atoms with Crippen molar-refractivity contribution in [1.29, 1.82) is 0 Å². The third kappa shape index (κ3) is 1.80. The van der Waals surface area contributed by atoms with Crippen LogP contribution in [0.4, 0.5) is 0 Å². The van der Waals surface area contributed by atoms with Crippen molar-refractivity contribution in [1.82, 2.24) is 0 Å². The molecule has 0 fully saturated rings. The molecule has 2 aromatic rings. The standard InChI is InChI=1S/C9H5Br2ClS/c10-3-5-1-6(11)2-7-8(12)4-13-9(5)7/h1-2,4H,3H2. The summed E-state index contributed by atoms with van der Waals surface area (Å²) in [5, 5.41) is 4.81. The highest BCUT2D eigenvalue weighted by Gasteiger charge is 2.07. The summed E-state index contributed by atoms with van der Waals surface area (Å²) in [5.74, 6) is 0. The van der Waals surface area contributed by atoms with Crippen LogP contribution in [0.5, 0.6) is 0 Å². The molecular formula is C9H5Br2ClS. The lowest BCUT2D eigenvalue weighted by molar-refractivity contribution is 1.49. The van der Waals surface area contributed by atoms with E-state index in [1.54, 1.807) is 11.3 Å². The smallest absolute Gasteiger partial charge is 0.0592 e. The molecular weight excluding hydrogens is 335 g/mol. The molecule has 0 aliphatic heterocycles. The van der Waals surface area contributed by atoms with Crippen molar-refractivity contribution in [2.24, 2.45) is 0 Å². The third-order valence-corrected chi connectivity index (χ3v) is 4.39. The van der Waals surface area contributed by atoms with Gasteiger partial charge in [0.15, 0.2) is 0 Å². The minimum atomic E-state index is 0.837. The Kier molecular flexibility index (Phi) is 2.98. The van der Waals surface area contributed by atoms with Crippen molar-refractivity contribution in [2.45, 2.75) is 5.33 Å². The number of hydrogen-bond donors (Lipinski definition) is 0. The molecule has 4 heteroatoms. The van der Waals surface area contributed by atoms with Gasteiger partial charge < -0.3 is 0 Å². The molecule has 1 aromatic carbocycles. The fourth-order valence-corrected chi connectivity index (χ4v) is 3.64. The van der Waals surface area contributed by atoms with Crippen LogP contribution in [-0.2, 0) is 5.33 Å². The minimum absolute atomic E-state index is 0.837. The van der Waals surface area contributed by atoms with E-state index in [0.717, 1.165) is 20.2 Å². The summed E-state index contributed by atoms with van der Waals surface area (Å²) in [6.07, 6.45) is 0. The van der Waals surface area contributed by atoms with Crippen LogP contribution in [0.25, 0.3) is 10.1 Å². The number of thiophene rings is 1. The van der Waals surface area contributed by atoms with Gasteiger partial charge in [-0.05, 0) is 17.7 Å². The topological polar surface area (TPSA) is 0 Å². The Morgan fingerprint density at radius 3 is 2.85 bits per heavy atom. The normalized spacial score (nSPS) is 11.0. The van der Waals surface area contributed by atoms with Crippen LogP contribution in [0.1, 0.15) is 5.56 Å². The molecule has 0 amide bonds. The molecule has 13 heavy (non-hydrogen) atoms. The van der Waals surface area contributed by atoms with E-state index in [2.05, 4.69) is 44.0 Å². The average molecular weight is 340 g/mol. The summed E-state index contributed by atoms with van der Waals surface area (Å²) >= 11 is 14.7. The SMILES string of the molecule is Clc1csc2c(CBr)cc(Br)cc12. The molecule has 0 atom stereocenters. The van der Waals surface area contributed by atoms with E-state index in [4.69, 9.17) is 11.6 Å². The molecule has 0 N–H and O–H groups in total. The molecule has 0 aliphatic rings. The van der Waals surface area contributed by atoms with Crippen molar-refractivity contribution in [3.8, 4) is 0 Å². The molecule has 0 radical (unpaired) electrons. The van der Waals surface area contributed by atoms with E-state index in [9.17, 15) is 0 Å². The Labute approximate surface area is 102 Å². The maximum Gasteiger partial charge on any atom is 0.0592 e. The van der Waals surface area contributed by atoms with Gasteiger partial charge in [-0.25, -0.2) is 0 Å². The van der Waals surface area contributed by atoms with E-state index in [1.165, 1.54) is 10.3 Å². The molecule has 0 aliphatic carbocycles.